The maximum absolute atomic E-state index is 5.67. The Morgan fingerprint density at radius 3 is 2.90 bits per heavy atom. The van der Waals surface area contributed by atoms with Gasteiger partial charge in [-0.15, -0.1) is 10.2 Å². The van der Waals surface area contributed by atoms with Gasteiger partial charge in [0.05, 0.1) is 19.1 Å². The molecule has 1 heterocycles. The van der Waals surface area contributed by atoms with Crippen LogP contribution >= 0.6 is 0 Å². The number of benzene rings is 1. The third-order valence-corrected chi connectivity index (χ3v) is 3.11. The number of nitrogens with zero attached hydrogens (tertiary/aromatic N) is 2. The van der Waals surface area contributed by atoms with E-state index in [-0.39, 0.29) is 6.04 Å². The Bertz CT molecular complexity index is 535. The average Bonchev–Trinajstić information content (AvgIpc) is 2.89. The van der Waals surface area contributed by atoms with Crippen molar-refractivity contribution in [3.05, 3.63) is 41.6 Å². The molecule has 0 saturated heterocycles. The van der Waals surface area contributed by atoms with E-state index >= 15 is 0 Å². The molecule has 108 valence electrons. The lowest BCUT2D eigenvalue weighted by Crippen LogP contribution is -2.15. The molecule has 2 rings (SSSR count). The zero-order valence-electron chi connectivity index (χ0n) is 12.2. The zero-order valence-corrected chi connectivity index (χ0v) is 12.2. The molecule has 0 spiro atoms. The van der Waals surface area contributed by atoms with E-state index in [0.717, 1.165) is 12.2 Å². The highest BCUT2D eigenvalue weighted by atomic mass is 16.5. The van der Waals surface area contributed by atoms with Gasteiger partial charge in [-0.1, -0.05) is 19.1 Å². The van der Waals surface area contributed by atoms with E-state index < -0.39 is 0 Å². The lowest BCUT2D eigenvalue weighted by Gasteiger charge is -2.07. The minimum absolute atomic E-state index is 0.119. The average molecular weight is 275 g/mol. The molecular formula is C15H21N3O2. The molecule has 0 fully saturated rings. The minimum atomic E-state index is 0.119. The summed E-state index contributed by atoms with van der Waals surface area (Å²) in [5.74, 6) is 2.12. The van der Waals surface area contributed by atoms with Crippen molar-refractivity contribution in [2.24, 2.45) is 0 Å². The molecule has 20 heavy (non-hydrogen) atoms. The van der Waals surface area contributed by atoms with Crippen LogP contribution in [0, 0.1) is 6.92 Å². The summed E-state index contributed by atoms with van der Waals surface area (Å²) in [6.45, 7) is 4.65. The van der Waals surface area contributed by atoms with Crippen LogP contribution < -0.4 is 10.1 Å². The van der Waals surface area contributed by atoms with Crippen LogP contribution in [0.25, 0.3) is 0 Å². The molecule has 5 nitrogen and oxygen atoms in total. The standard InChI is InChI=1S/C15H21N3O2/c1-4-13(16-3)15-18-17-14(20-15)8-9-19-12-7-5-6-11(2)10-12/h5-7,10,13,16H,4,8-9H2,1-3H3. The van der Waals surface area contributed by atoms with E-state index in [9.17, 15) is 0 Å². The van der Waals surface area contributed by atoms with Crippen LogP contribution in [0.3, 0.4) is 0 Å². The van der Waals surface area contributed by atoms with Gasteiger partial charge >= 0.3 is 0 Å². The summed E-state index contributed by atoms with van der Waals surface area (Å²) in [5, 5.41) is 11.3. The Balaban J connectivity index is 1.85. The number of aryl methyl sites for hydroxylation is 1. The summed E-state index contributed by atoms with van der Waals surface area (Å²) < 4.78 is 11.3. The highest BCUT2D eigenvalue weighted by Crippen LogP contribution is 2.15. The first-order valence-electron chi connectivity index (χ1n) is 6.92. The minimum Gasteiger partial charge on any atom is -0.493 e. The molecule has 0 amide bonds. The van der Waals surface area contributed by atoms with E-state index in [1.807, 2.05) is 38.2 Å². The highest BCUT2D eigenvalue weighted by Gasteiger charge is 2.14. The molecule has 1 N–H and O–H groups in total. The van der Waals surface area contributed by atoms with E-state index in [2.05, 4.69) is 22.4 Å². The van der Waals surface area contributed by atoms with Crippen molar-refractivity contribution < 1.29 is 9.15 Å². The highest BCUT2D eigenvalue weighted by molar-refractivity contribution is 5.27. The number of rotatable bonds is 7. The molecule has 0 saturated carbocycles. The van der Waals surface area contributed by atoms with Crippen LogP contribution in [0.15, 0.2) is 28.7 Å². The van der Waals surface area contributed by atoms with Crippen molar-refractivity contribution in [2.75, 3.05) is 13.7 Å². The second kappa shape index (κ2) is 7.05. The molecule has 1 atom stereocenters. The van der Waals surface area contributed by atoms with E-state index in [4.69, 9.17) is 9.15 Å². The largest absolute Gasteiger partial charge is 0.493 e. The van der Waals surface area contributed by atoms with Crippen LogP contribution in [0.1, 0.15) is 36.7 Å². The van der Waals surface area contributed by atoms with Crippen LogP contribution in [-0.2, 0) is 6.42 Å². The molecule has 2 aromatic rings. The third kappa shape index (κ3) is 3.81. The predicted molar refractivity (Wildman–Crippen MR) is 76.8 cm³/mol. The van der Waals surface area contributed by atoms with Gasteiger partial charge < -0.3 is 14.5 Å². The fourth-order valence-electron chi connectivity index (χ4n) is 1.97. The molecule has 1 aromatic heterocycles. The molecule has 0 radical (unpaired) electrons. The topological polar surface area (TPSA) is 60.2 Å². The van der Waals surface area contributed by atoms with Gasteiger partial charge in [0.2, 0.25) is 11.8 Å². The van der Waals surface area contributed by atoms with Gasteiger partial charge in [0.25, 0.3) is 0 Å². The lowest BCUT2D eigenvalue weighted by molar-refractivity contribution is 0.299. The Morgan fingerprint density at radius 2 is 2.20 bits per heavy atom. The summed E-state index contributed by atoms with van der Waals surface area (Å²) in [5.41, 5.74) is 1.18. The maximum Gasteiger partial charge on any atom is 0.233 e. The van der Waals surface area contributed by atoms with Crippen molar-refractivity contribution >= 4 is 0 Å². The molecule has 0 aliphatic heterocycles. The second-order valence-corrected chi connectivity index (χ2v) is 4.70. The first-order chi connectivity index (χ1) is 9.72. The molecule has 0 bridgehead atoms. The zero-order chi connectivity index (χ0) is 14.4. The fourth-order valence-corrected chi connectivity index (χ4v) is 1.97. The van der Waals surface area contributed by atoms with Crippen LogP contribution in [0.5, 0.6) is 5.75 Å². The second-order valence-electron chi connectivity index (χ2n) is 4.70. The van der Waals surface area contributed by atoms with Crippen molar-refractivity contribution in [3.8, 4) is 5.75 Å². The van der Waals surface area contributed by atoms with Crippen LogP contribution in [0.4, 0.5) is 0 Å². The molecule has 5 heteroatoms. The van der Waals surface area contributed by atoms with Crippen LogP contribution in [0.2, 0.25) is 0 Å². The maximum atomic E-state index is 5.67. The smallest absolute Gasteiger partial charge is 0.233 e. The number of hydrogen-bond acceptors (Lipinski definition) is 5. The Hall–Kier alpha value is -1.88. The van der Waals surface area contributed by atoms with Gasteiger partial charge in [0, 0.05) is 0 Å². The monoisotopic (exact) mass is 275 g/mol. The van der Waals surface area contributed by atoms with E-state index in [1.165, 1.54) is 5.56 Å². The fraction of sp³-hybridized carbons (Fsp3) is 0.467. The van der Waals surface area contributed by atoms with Gasteiger partial charge in [-0.25, -0.2) is 0 Å². The summed E-state index contributed by atoms with van der Waals surface area (Å²) in [4.78, 5) is 0. The normalized spacial score (nSPS) is 12.3. The van der Waals surface area contributed by atoms with Crippen LogP contribution in [-0.4, -0.2) is 23.9 Å². The number of ether oxygens (including phenoxy) is 1. The Labute approximate surface area is 119 Å². The van der Waals surface area contributed by atoms with Crippen molar-refractivity contribution in [3.63, 3.8) is 0 Å². The quantitative estimate of drug-likeness (QED) is 0.841. The molecular weight excluding hydrogens is 254 g/mol. The SMILES string of the molecule is CCC(NC)c1nnc(CCOc2cccc(C)c2)o1. The Morgan fingerprint density at radius 1 is 1.35 bits per heavy atom. The van der Waals surface area contributed by atoms with Gasteiger partial charge in [0.15, 0.2) is 0 Å². The summed E-state index contributed by atoms with van der Waals surface area (Å²) in [6, 6.07) is 8.09. The molecule has 0 aliphatic rings. The first kappa shape index (κ1) is 14.5. The summed E-state index contributed by atoms with van der Waals surface area (Å²) in [6.07, 6.45) is 1.53. The van der Waals surface area contributed by atoms with Gasteiger partial charge in [-0.3, -0.25) is 0 Å². The molecule has 1 unspecified atom stereocenters. The van der Waals surface area contributed by atoms with Crippen molar-refractivity contribution in [1.82, 2.24) is 15.5 Å². The van der Waals surface area contributed by atoms with E-state index in [1.54, 1.807) is 0 Å². The molecule has 0 aliphatic carbocycles. The summed E-state index contributed by atoms with van der Waals surface area (Å²) >= 11 is 0. The molecule has 1 aromatic carbocycles. The third-order valence-electron chi connectivity index (χ3n) is 3.11. The van der Waals surface area contributed by atoms with E-state index in [0.29, 0.717) is 24.8 Å². The van der Waals surface area contributed by atoms with Gasteiger partial charge in [0.1, 0.15) is 5.75 Å². The Kier molecular flexibility index (Phi) is 5.12. The number of hydrogen-bond donors (Lipinski definition) is 1. The lowest BCUT2D eigenvalue weighted by atomic mass is 10.2. The van der Waals surface area contributed by atoms with Gasteiger partial charge in [-0.05, 0) is 38.1 Å². The number of aromatic nitrogens is 2. The van der Waals surface area contributed by atoms with Gasteiger partial charge in [-0.2, -0.15) is 0 Å². The van der Waals surface area contributed by atoms with Crippen molar-refractivity contribution in [2.45, 2.75) is 32.7 Å². The first-order valence-corrected chi connectivity index (χ1v) is 6.92. The predicted octanol–water partition coefficient (Wildman–Crippen LogP) is 2.67. The number of nitrogens with one attached hydrogen (secondary N) is 1. The van der Waals surface area contributed by atoms with Crippen molar-refractivity contribution in [1.29, 1.82) is 0 Å². The summed E-state index contributed by atoms with van der Waals surface area (Å²) in [7, 11) is 1.89.